The van der Waals surface area contributed by atoms with Crippen molar-refractivity contribution in [1.29, 1.82) is 0 Å². The van der Waals surface area contributed by atoms with Crippen LogP contribution in [0.15, 0.2) is 41.5 Å². The van der Waals surface area contributed by atoms with Crippen molar-refractivity contribution < 1.29 is 19.2 Å². The van der Waals surface area contributed by atoms with E-state index in [-0.39, 0.29) is 0 Å². The summed E-state index contributed by atoms with van der Waals surface area (Å²) < 4.78 is 3.78. The van der Waals surface area contributed by atoms with Crippen molar-refractivity contribution in [1.82, 2.24) is 0 Å². The van der Waals surface area contributed by atoms with E-state index in [9.17, 15) is 0 Å². The topological polar surface area (TPSA) is 0 Å². The third kappa shape index (κ3) is 3.35. The maximum absolute atomic E-state index is 2.64. The molecule has 0 saturated carbocycles. The van der Waals surface area contributed by atoms with Crippen LogP contribution in [0.3, 0.4) is 0 Å². The minimum atomic E-state index is -1.45. The first kappa shape index (κ1) is 15.8. The molecule has 0 radical (unpaired) electrons. The van der Waals surface area contributed by atoms with Crippen LogP contribution in [0.5, 0.6) is 0 Å². The summed E-state index contributed by atoms with van der Waals surface area (Å²) in [5, 5.41) is 0. The maximum atomic E-state index is 2.64. The van der Waals surface area contributed by atoms with Crippen molar-refractivity contribution in [3.63, 3.8) is 0 Å². The first-order chi connectivity index (χ1) is 8.91. The molecule has 2 aliphatic carbocycles. The third-order valence-corrected chi connectivity index (χ3v) is 35.5. The molecular weight excluding hydrogens is 368 g/mol. The molecular formula is C17H27GeZr. The van der Waals surface area contributed by atoms with Crippen LogP contribution in [0.2, 0.25) is 11.5 Å². The van der Waals surface area contributed by atoms with Crippen LogP contribution in [0.1, 0.15) is 40.5 Å². The van der Waals surface area contributed by atoms with Gasteiger partial charge in [0, 0.05) is 0 Å². The van der Waals surface area contributed by atoms with E-state index in [4.69, 9.17) is 0 Å². The van der Waals surface area contributed by atoms with Gasteiger partial charge in [0.05, 0.1) is 0 Å². The van der Waals surface area contributed by atoms with Crippen molar-refractivity contribution in [3.8, 4) is 0 Å². The summed E-state index contributed by atoms with van der Waals surface area (Å²) in [5.41, 5.74) is 4.91. The Kier molecular flexibility index (Phi) is 5.34. The second-order valence-electron chi connectivity index (χ2n) is 6.53. The summed E-state index contributed by atoms with van der Waals surface area (Å²) in [7, 11) is -1.01. The SMILES string of the molecule is CC1=C(C)[C]([Zr]([C]2=CC(C(C)C)=CC2)[GeH]([CH3])[CH3])=CC1. The van der Waals surface area contributed by atoms with Crippen LogP contribution in [0, 0.1) is 5.92 Å². The van der Waals surface area contributed by atoms with Gasteiger partial charge in [0.1, 0.15) is 0 Å². The van der Waals surface area contributed by atoms with Crippen molar-refractivity contribution in [2.24, 2.45) is 5.92 Å². The molecule has 0 amide bonds. The van der Waals surface area contributed by atoms with Crippen LogP contribution < -0.4 is 0 Å². The van der Waals surface area contributed by atoms with Gasteiger partial charge in [0.2, 0.25) is 0 Å². The molecule has 0 aromatic carbocycles. The summed E-state index contributed by atoms with van der Waals surface area (Å²) in [6, 6.07) is 0. The van der Waals surface area contributed by atoms with Crippen LogP contribution >= 0.6 is 0 Å². The van der Waals surface area contributed by atoms with E-state index >= 15 is 0 Å². The van der Waals surface area contributed by atoms with Gasteiger partial charge in [-0.25, -0.2) is 0 Å². The molecule has 0 aromatic rings. The molecule has 0 bridgehead atoms. The molecule has 103 valence electrons. The molecule has 2 aliphatic rings. The van der Waals surface area contributed by atoms with E-state index in [1.54, 1.807) is 16.7 Å². The van der Waals surface area contributed by atoms with E-state index in [1.165, 1.54) is 12.8 Å². The molecule has 0 aromatic heterocycles. The molecule has 0 aliphatic heterocycles. The normalized spacial score (nSPS) is 19.3. The Balaban J connectivity index is 2.28. The zero-order valence-corrected chi connectivity index (χ0v) is 18.2. The standard InChI is InChI=1S/C8H11.C7H9.C2H7Ge.Zr/c1-7(2)8-5-3-4-6-8;1-6-4-3-5-7(6)2;1-3-2;/h5-7H,3H2,1-2H3;3H,4H2,1-2H3;3H,1-2H3;. The molecule has 0 heterocycles. The second kappa shape index (κ2) is 6.44. The fourth-order valence-electron chi connectivity index (χ4n) is 3.09. The summed E-state index contributed by atoms with van der Waals surface area (Å²) in [6.45, 7) is 9.36. The molecule has 0 unspecified atom stereocenters. The van der Waals surface area contributed by atoms with E-state index in [0.29, 0.717) is 5.92 Å². The number of allylic oxidation sites excluding steroid dienone is 8. The first-order valence-corrected chi connectivity index (χ1v) is 23.5. The summed E-state index contributed by atoms with van der Waals surface area (Å²) in [6.07, 6.45) is 10.2. The zero-order chi connectivity index (χ0) is 14.2. The van der Waals surface area contributed by atoms with Crippen molar-refractivity contribution >= 4 is 10.6 Å². The molecule has 0 nitrogen and oxygen atoms in total. The number of hydrogen-bond acceptors (Lipinski definition) is 0. The Bertz CT molecular complexity index is 489. The summed E-state index contributed by atoms with van der Waals surface area (Å²) in [5.74, 6) is 5.98. The van der Waals surface area contributed by atoms with Crippen molar-refractivity contribution in [2.45, 2.75) is 52.0 Å². The quantitative estimate of drug-likeness (QED) is 0.583. The van der Waals surface area contributed by atoms with E-state index in [0.717, 1.165) is 0 Å². The fourth-order valence-corrected chi connectivity index (χ4v) is 34.8. The molecule has 0 atom stereocenters. The second-order valence-corrected chi connectivity index (χ2v) is 38.2. The van der Waals surface area contributed by atoms with Gasteiger partial charge in [0.25, 0.3) is 0 Å². The van der Waals surface area contributed by atoms with Crippen LogP contribution in [-0.2, 0) is 19.2 Å². The molecule has 2 rings (SSSR count). The molecule has 2 heteroatoms. The first-order valence-electron chi connectivity index (χ1n) is 7.57. The predicted octanol–water partition coefficient (Wildman–Crippen LogP) is 5.08. The van der Waals surface area contributed by atoms with Gasteiger partial charge in [0.15, 0.2) is 0 Å². The zero-order valence-electron chi connectivity index (χ0n) is 13.3. The number of hydrogen-bond donors (Lipinski definition) is 0. The monoisotopic (exact) mass is 395 g/mol. The summed E-state index contributed by atoms with van der Waals surface area (Å²) >= 11 is -1.45. The van der Waals surface area contributed by atoms with Gasteiger partial charge < -0.3 is 0 Å². The molecule has 0 fully saturated rings. The molecule has 0 spiro atoms. The Morgan fingerprint density at radius 3 is 2.21 bits per heavy atom. The van der Waals surface area contributed by atoms with Crippen molar-refractivity contribution in [3.05, 3.63) is 41.5 Å². The fraction of sp³-hybridized carbons (Fsp3) is 0.529. The van der Waals surface area contributed by atoms with Crippen LogP contribution in [-0.4, -0.2) is 10.6 Å². The average Bonchev–Trinajstić information content (AvgIpc) is 2.91. The van der Waals surface area contributed by atoms with Crippen molar-refractivity contribution in [2.75, 3.05) is 0 Å². The average molecular weight is 395 g/mol. The molecule has 19 heavy (non-hydrogen) atoms. The Labute approximate surface area is 128 Å². The van der Waals surface area contributed by atoms with E-state index in [2.05, 4.69) is 57.4 Å². The summed E-state index contributed by atoms with van der Waals surface area (Å²) in [4.78, 5) is 0. The van der Waals surface area contributed by atoms with Gasteiger partial charge >= 0.3 is 129 Å². The van der Waals surface area contributed by atoms with Gasteiger partial charge in [-0.2, -0.15) is 0 Å². The molecule has 0 N–H and O–H groups in total. The minimum absolute atomic E-state index is 0.706. The Morgan fingerprint density at radius 2 is 1.79 bits per heavy atom. The third-order valence-electron chi connectivity index (χ3n) is 4.44. The molecule has 0 saturated heterocycles. The van der Waals surface area contributed by atoms with Crippen LogP contribution in [0.4, 0.5) is 0 Å². The van der Waals surface area contributed by atoms with Gasteiger partial charge in [-0.05, 0) is 0 Å². The van der Waals surface area contributed by atoms with E-state index < -0.39 is 29.8 Å². The predicted molar refractivity (Wildman–Crippen MR) is 85.6 cm³/mol. The number of rotatable bonds is 4. The van der Waals surface area contributed by atoms with Gasteiger partial charge in [-0.1, -0.05) is 0 Å². The van der Waals surface area contributed by atoms with Gasteiger partial charge in [-0.3, -0.25) is 0 Å². The van der Waals surface area contributed by atoms with Gasteiger partial charge in [-0.15, -0.1) is 0 Å². The van der Waals surface area contributed by atoms with E-state index in [1.807, 2.05) is 6.56 Å². The Morgan fingerprint density at radius 1 is 1.11 bits per heavy atom. The Hall–Kier alpha value is 0.386. The van der Waals surface area contributed by atoms with Crippen LogP contribution in [0.25, 0.3) is 0 Å².